The van der Waals surface area contributed by atoms with Gasteiger partial charge in [0.25, 0.3) is 0 Å². The fourth-order valence-electron chi connectivity index (χ4n) is 1.85. The number of halogens is 3. The molecule has 1 atom stereocenters. The fraction of sp³-hybridized carbons (Fsp3) is 0.400. The molecule has 0 aliphatic heterocycles. The minimum absolute atomic E-state index is 0.0157. The molecule has 0 heterocycles. The summed E-state index contributed by atoms with van der Waals surface area (Å²) in [6.45, 7) is 4.59. The molecular weight excluding hydrogens is 299 g/mol. The number of rotatable bonds is 6. The van der Waals surface area contributed by atoms with Crippen molar-refractivity contribution in [2.24, 2.45) is 10.9 Å². The quantitative estimate of drug-likeness (QED) is 0.267. The minimum Gasteiger partial charge on any atom is -0.465 e. The van der Waals surface area contributed by atoms with Crippen molar-refractivity contribution >= 4 is 18.0 Å². The SMILES string of the molecule is CCN=CC(C(=O)OCC)C(=O)c1c(F)cc(F)c(F)c1C. The molecule has 1 aromatic carbocycles. The van der Waals surface area contributed by atoms with Gasteiger partial charge in [-0.2, -0.15) is 0 Å². The second-order valence-corrected chi connectivity index (χ2v) is 4.40. The summed E-state index contributed by atoms with van der Waals surface area (Å²) in [5, 5.41) is 0. The standard InChI is InChI=1S/C15H16F3NO3/c1-4-19-7-9(15(21)22-5-2)14(20)12-8(3)13(18)11(17)6-10(12)16/h6-7,9H,4-5H2,1-3H3. The molecule has 0 fully saturated rings. The zero-order chi connectivity index (χ0) is 16.9. The van der Waals surface area contributed by atoms with Crippen LogP contribution in [0.4, 0.5) is 13.2 Å². The van der Waals surface area contributed by atoms with Crippen molar-refractivity contribution in [2.75, 3.05) is 13.2 Å². The van der Waals surface area contributed by atoms with Crippen LogP contribution in [-0.2, 0) is 9.53 Å². The van der Waals surface area contributed by atoms with Crippen molar-refractivity contribution < 1.29 is 27.5 Å². The lowest BCUT2D eigenvalue weighted by atomic mass is 9.94. The van der Waals surface area contributed by atoms with Crippen molar-refractivity contribution in [3.8, 4) is 0 Å². The Labute approximate surface area is 126 Å². The van der Waals surface area contributed by atoms with Crippen LogP contribution in [-0.4, -0.2) is 31.1 Å². The van der Waals surface area contributed by atoms with E-state index in [9.17, 15) is 22.8 Å². The summed E-state index contributed by atoms with van der Waals surface area (Å²) in [6, 6.07) is 0.273. The Morgan fingerprint density at radius 1 is 1.27 bits per heavy atom. The van der Waals surface area contributed by atoms with E-state index in [1.165, 1.54) is 0 Å². The van der Waals surface area contributed by atoms with Crippen molar-refractivity contribution in [1.82, 2.24) is 0 Å². The van der Waals surface area contributed by atoms with E-state index in [-0.39, 0.29) is 12.7 Å². The number of ketones is 1. The number of carbonyl (C=O) groups excluding carboxylic acids is 2. The molecular formula is C15H16F3NO3. The largest absolute Gasteiger partial charge is 0.465 e. The smallest absolute Gasteiger partial charge is 0.322 e. The number of nitrogens with zero attached hydrogens (tertiary/aromatic N) is 1. The molecule has 0 aliphatic rings. The van der Waals surface area contributed by atoms with Crippen LogP contribution in [0.2, 0.25) is 0 Å². The molecule has 0 saturated heterocycles. The molecule has 120 valence electrons. The first-order valence-corrected chi connectivity index (χ1v) is 6.69. The Kier molecular flexibility index (Phi) is 6.27. The predicted molar refractivity (Wildman–Crippen MR) is 74.5 cm³/mol. The van der Waals surface area contributed by atoms with Gasteiger partial charge in [0.15, 0.2) is 23.3 Å². The molecule has 7 heteroatoms. The van der Waals surface area contributed by atoms with Crippen molar-refractivity contribution in [3.63, 3.8) is 0 Å². The first-order chi connectivity index (χ1) is 10.3. The van der Waals surface area contributed by atoms with Gasteiger partial charge in [-0.3, -0.25) is 14.6 Å². The third kappa shape index (κ3) is 3.72. The molecule has 1 unspecified atom stereocenters. The van der Waals surface area contributed by atoms with E-state index in [0.717, 1.165) is 13.1 Å². The molecule has 0 spiro atoms. The summed E-state index contributed by atoms with van der Waals surface area (Å²) >= 11 is 0. The van der Waals surface area contributed by atoms with Crippen LogP contribution in [0.25, 0.3) is 0 Å². The zero-order valence-electron chi connectivity index (χ0n) is 12.5. The molecule has 0 saturated carbocycles. The highest BCUT2D eigenvalue weighted by molar-refractivity contribution is 6.19. The molecule has 0 bridgehead atoms. The monoisotopic (exact) mass is 315 g/mol. The zero-order valence-corrected chi connectivity index (χ0v) is 12.5. The third-order valence-electron chi connectivity index (χ3n) is 2.91. The number of hydrogen-bond donors (Lipinski definition) is 0. The number of ether oxygens (including phenoxy) is 1. The third-order valence-corrected chi connectivity index (χ3v) is 2.91. The summed E-state index contributed by atoms with van der Waals surface area (Å²) in [7, 11) is 0. The summed E-state index contributed by atoms with van der Waals surface area (Å²) in [6.07, 6.45) is 1.03. The average Bonchev–Trinajstić information content (AvgIpc) is 2.45. The van der Waals surface area contributed by atoms with Gasteiger partial charge in [0.05, 0.1) is 12.2 Å². The van der Waals surface area contributed by atoms with Gasteiger partial charge >= 0.3 is 5.97 Å². The highest BCUT2D eigenvalue weighted by Gasteiger charge is 2.32. The first-order valence-electron chi connectivity index (χ1n) is 6.69. The summed E-state index contributed by atoms with van der Waals surface area (Å²) < 4.78 is 45.3. The second-order valence-electron chi connectivity index (χ2n) is 4.40. The van der Waals surface area contributed by atoms with Gasteiger partial charge in [0.1, 0.15) is 5.82 Å². The summed E-state index contributed by atoms with van der Waals surface area (Å²) in [5.41, 5.74) is -1.18. The Hall–Kier alpha value is -2.18. The van der Waals surface area contributed by atoms with Crippen molar-refractivity contribution in [3.05, 3.63) is 34.6 Å². The van der Waals surface area contributed by atoms with E-state index in [1.54, 1.807) is 13.8 Å². The Morgan fingerprint density at radius 2 is 1.91 bits per heavy atom. The Bertz CT molecular complexity index is 615. The van der Waals surface area contributed by atoms with Crippen LogP contribution in [0.3, 0.4) is 0 Å². The number of carbonyl (C=O) groups is 2. The Balaban J connectivity index is 3.33. The van der Waals surface area contributed by atoms with E-state index in [1.807, 2.05) is 0 Å². The molecule has 0 aliphatic carbocycles. The molecule has 4 nitrogen and oxygen atoms in total. The van der Waals surface area contributed by atoms with Gasteiger partial charge in [0, 0.05) is 24.4 Å². The lowest BCUT2D eigenvalue weighted by molar-refractivity contribution is -0.143. The molecule has 0 amide bonds. The van der Waals surface area contributed by atoms with E-state index in [4.69, 9.17) is 4.74 Å². The maximum atomic E-state index is 13.8. The predicted octanol–water partition coefficient (Wildman–Crippen LogP) is 2.87. The lowest BCUT2D eigenvalue weighted by Gasteiger charge is -2.13. The number of benzene rings is 1. The van der Waals surface area contributed by atoms with Gasteiger partial charge in [-0.05, 0) is 20.8 Å². The van der Waals surface area contributed by atoms with Crippen molar-refractivity contribution in [1.29, 1.82) is 0 Å². The van der Waals surface area contributed by atoms with Crippen LogP contribution >= 0.6 is 0 Å². The van der Waals surface area contributed by atoms with Crippen LogP contribution in [0.5, 0.6) is 0 Å². The molecule has 1 aromatic rings. The van der Waals surface area contributed by atoms with Crippen molar-refractivity contribution in [2.45, 2.75) is 20.8 Å². The van der Waals surface area contributed by atoms with E-state index >= 15 is 0 Å². The normalized spacial score (nSPS) is 12.5. The molecule has 1 rings (SSSR count). The number of aliphatic imine (C=N–C) groups is 1. The topological polar surface area (TPSA) is 55.7 Å². The van der Waals surface area contributed by atoms with Gasteiger partial charge in [0.2, 0.25) is 0 Å². The second kappa shape index (κ2) is 7.72. The maximum Gasteiger partial charge on any atom is 0.322 e. The van der Waals surface area contributed by atoms with E-state index < -0.39 is 46.2 Å². The summed E-state index contributed by atoms with van der Waals surface area (Å²) in [4.78, 5) is 27.9. The molecule has 22 heavy (non-hydrogen) atoms. The highest BCUT2D eigenvalue weighted by Crippen LogP contribution is 2.23. The summed E-state index contributed by atoms with van der Waals surface area (Å²) in [5.74, 6) is -7.42. The van der Waals surface area contributed by atoms with Gasteiger partial charge in [-0.25, -0.2) is 13.2 Å². The first kappa shape index (κ1) is 17.9. The number of esters is 1. The lowest BCUT2D eigenvalue weighted by Crippen LogP contribution is -2.29. The maximum absolute atomic E-state index is 13.8. The van der Waals surface area contributed by atoms with Gasteiger partial charge < -0.3 is 4.74 Å². The Morgan fingerprint density at radius 3 is 2.45 bits per heavy atom. The van der Waals surface area contributed by atoms with Crippen LogP contribution in [0.1, 0.15) is 29.8 Å². The van der Waals surface area contributed by atoms with E-state index in [2.05, 4.69) is 4.99 Å². The van der Waals surface area contributed by atoms with Gasteiger partial charge in [-0.15, -0.1) is 0 Å². The number of Topliss-reactive ketones (excluding diaryl/α,β-unsaturated/α-hetero) is 1. The van der Waals surface area contributed by atoms with Crippen LogP contribution in [0.15, 0.2) is 11.1 Å². The number of hydrogen-bond acceptors (Lipinski definition) is 4. The highest BCUT2D eigenvalue weighted by atomic mass is 19.2. The minimum atomic E-state index is -1.50. The van der Waals surface area contributed by atoms with E-state index in [0.29, 0.717) is 6.54 Å². The van der Waals surface area contributed by atoms with Crippen LogP contribution in [0, 0.1) is 30.3 Å². The van der Waals surface area contributed by atoms with Crippen LogP contribution < -0.4 is 0 Å². The average molecular weight is 315 g/mol. The molecule has 0 aromatic heterocycles. The fourth-order valence-corrected chi connectivity index (χ4v) is 1.85. The molecule has 0 N–H and O–H groups in total. The molecule has 0 radical (unpaired) electrons. The van der Waals surface area contributed by atoms with Gasteiger partial charge in [-0.1, -0.05) is 0 Å².